The Morgan fingerprint density at radius 2 is 1.78 bits per heavy atom. The molecule has 0 fully saturated rings. The summed E-state index contributed by atoms with van der Waals surface area (Å²) < 4.78 is 0. The van der Waals surface area contributed by atoms with E-state index in [9.17, 15) is 0 Å². The summed E-state index contributed by atoms with van der Waals surface area (Å²) in [4.78, 5) is 0. The molecule has 2 rings (SSSR count). The molecule has 0 spiro atoms. The van der Waals surface area contributed by atoms with Gasteiger partial charge in [-0.1, -0.05) is 49.7 Å². The molecule has 0 amide bonds. The zero-order chi connectivity index (χ0) is 12.8. The van der Waals surface area contributed by atoms with Gasteiger partial charge < -0.3 is 5.43 Å². The second-order valence-corrected chi connectivity index (χ2v) is 4.53. The summed E-state index contributed by atoms with van der Waals surface area (Å²) >= 11 is 0. The fourth-order valence-corrected chi connectivity index (χ4v) is 2.03. The van der Waals surface area contributed by atoms with Crippen molar-refractivity contribution < 1.29 is 0 Å². The van der Waals surface area contributed by atoms with Gasteiger partial charge in [0.05, 0.1) is 0 Å². The third-order valence-electron chi connectivity index (χ3n) is 3.14. The molecule has 0 bridgehead atoms. The summed E-state index contributed by atoms with van der Waals surface area (Å²) in [5, 5.41) is 0. The first kappa shape index (κ1) is 12.7. The Labute approximate surface area is 109 Å². The molecule has 3 N–H and O–H groups in total. The smallest absolute Gasteiger partial charge is 0.0491 e. The number of unbranched alkanes of at least 4 members (excludes halogenated alkanes) is 1. The number of hydrazine groups is 1. The van der Waals surface area contributed by atoms with E-state index in [1.165, 1.54) is 36.0 Å². The molecular formula is C16H20N2. The number of hydrogen-bond acceptors (Lipinski definition) is 2. The molecule has 2 nitrogen and oxygen atoms in total. The fourth-order valence-electron chi connectivity index (χ4n) is 2.03. The molecule has 0 aliphatic heterocycles. The number of nitrogens with one attached hydrogen (secondary N) is 1. The SMILES string of the molecule is CCCCc1ccc(-c2cccc(NN)c2)cc1. The van der Waals surface area contributed by atoms with Gasteiger partial charge in [0.2, 0.25) is 0 Å². The second-order valence-electron chi connectivity index (χ2n) is 4.53. The molecule has 0 aliphatic rings. The van der Waals surface area contributed by atoms with E-state index < -0.39 is 0 Å². The monoisotopic (exact) mass is 240 g/mol. The van der Waals surface area contributed by atoms with E-state index in [0.29, 0.717) is 0 Å². The summed E-state index contributed by atoms with van der Waals surface area (Å²) in [6.45, 7) is 2.22. The van der Waals surface area contributed by atoms with Crippen LogP contribution in [0, 0.1) is 0 Å². The lowest BCUT2D eigenvalue weighted by atomic mass is 10.0. The summed E-state index contributed by atoms with van der Waals surface area (Å²) in [6.07, 6.45) is 3.67. The van der Waals surface area contributed by atoms with Crippen LogP contribution >= 0.6 is 0 Å². The van der Waals surface area contributed by atoms with Crippen molar-refractivity contribution >= 4 is 5.69 Å². The summed E-state index contributed by atoms with van der Waals surface area (Å²) in [5.74, 6) is 5.43. The lowest BCUT2D eigenvalue weighted by Crippen LogP contribution is -2.06. The maximum atomic E-state index is 5.43. The average molecular weight is 240 g/mol. The van der Waals surface area contributed by atoms with E-state index in [0.717, 1.165) is 5.69 Å². The Morgan fingerprint density at radius 1 is 1.00 bits per heavy atom. The molecule has 0 aromatic heterocycles. The summed E-state index contributed by atoms with van der Waals surface area (Å²) in [6, 6.07) is 16.9. The maximum Gasteiger partial charge on any atom is 0.0491 e. The van der Waals surface area contributed by atoms with Crippen LogP contribution in [0.1, 0.15) is 25.3 Å². The number of nitrogen functional groups attached to an aromatic ring is 1. The molecule has 0 aliphatic carbocycles. The Morgan fingerprint density at radius 3 is 2.44 bits per heavy atom. The van der Waals surface area contributed by atoms with Crippen LogP contribution < -0.4 is 11.3 Å². The van der Waals surface area contributed by atoms with Gasteiger partial charge >= 0.3 is 0 Å². The van der Waals surface area contributed by atoms with E-state index >= 15 is 0 Å². The molecule has 0 atom stereocenters. The van der Waals surface area contributed by atoms with Crippen molar-refractivity contribution in [3.63, 3.8) is 0 Å². The Balaban J connectivity index is 2.17. The number of benzene rings is 2. The van der Waals surface area contributed by atoms with Crippen molar-refractivity contribution in [1.82, 2.24) is 0 Å². The van der Waals surface area contributed by atoms with Crippen LogP contribution in [0.15, 0.2) is 48.5 Å². The maximum absolute atomic E-state index is 5.43. The van der Waals surface area contributed by atoms with Crippen molar-refractivity contribution in [3.05, 3.63) is 54.1 Å². The third-order valence-corrected chi connectivity index (χ3v) is 3.14. The Hall–Kier alpha value is -1.80. The van der Waals surface area contributed by atoms with E-state index in [-0.39, 0.29) is 0 Å². The van der Waals surface area contributed by atoms with Crippen molar-refractivity contribution in [2.24, 2.45) is 5.84 Å². The first-order valence-corrected chi connectivity index (χ1v) is 6.49. The molecule has 0 unspecified atom stereocenters. The molecule has 2 aromatic carbocycles. The van der Waals surface area contributed by atoms with Gasteiger partial charge in [-0.2, -0.15) is 0 Å². The van der Waals surface area contributed by atoms with Crippen LogP contribution in [-0.4, -0.2) is 0 Å². The van der Waals surface area contributed by atoms with Crippen molar-refractivity contribution in [3.8, 4) is 11.1 Å². The van der Waals surface area contributed by atoms with Crippen LogP contribution in [0.5, 0.6) is 0 Å². The zero-order valence-corrected chi connectivity index (χ0v) is 10.8. The largest absolute Gasteiger partial charge is 0.324 e. The van der Waals surface area contributed by atoms with Crippen LogP contribution in [0.3, 0.4) is 0 Å². The van der Waals surface area contributed by atoms with Gasteiger partial charge in [0.1, 0.15) is 0 Å². The van der Waals surface area contributed by atoms with Crippen LogP contribution in [-0.2, 0) is 6.42 Å². The molecule has 0 radical (unpaired) electrons. The molecule has 0 heterocycles. The van der Waals surface area contributed by atoms with Crippen molar-refractivity contribution in [1.29, 1.82) is 0 Å². The Bertz CT molecular complexity index is 489. The number of nitrogens with two attached hydrogens (primary N) is 1. The Kier molecular flexibility index (Phi) is 4.37. The van der Waals surface area contributed by atoms with Crippen molar-refractivity contribution in [2.45, 2.75) is 26.2 Å². The van der Waals surface area contributed by atoms with E-state index in [1.807, 2.05) is 12.1 Å². The lowest BCUT2D eigenvalue weighted by molar-refractivity contribution is 0.795. The molecule has 0 saturated carbocycles. The average Bonchev–Trinajstić information content (AvgIpc) is 2.46. The first-order valence-electron chi connectivity index (χ1n) is 6.49. The minimum atomic E-state index is 0.933. The van der Waals surface area contributed by atoms with Gasteiger partial charge in [0.25, 0.3) is 0 Å². The molecule has 2 aromatic rings. The van der Waals surface area contributed by atoms with E-state index in [2.05, 4.69) is 48.7 Å². The van der Waals surface area contributed by atoms with Gasteiger partial charge in [-0.05, 0) is 41.7 Å². The number of rotatable bonds is 5. The highest BCUT2D eigenvalue weighted by atomic mass is 15.2. The molecule has 0 saturated heterocycles. The molecular weight excluding hydrogens is 220 g/mol. The predicted molar refractivity (Wildman–Crippen MR) is 78.3 cm³/mol. The highest BCUT2D eigenvalue weighted by Gasteiger charge is 1.99. The highest BCUT2D eigenvalue weighted by Crippen LogP contribution is 2.23. The normalized spacial score (nSPS) is 10.3. The molecule has 18 heavy (non-hydrogen) atoms. The fraction of sp³-hybridized carbons (Fsp3) is 0.250. The minimum absolute atomic E-state index is 0.933. The predicted octanol–water partition coefficient (Wildman–Crippen LogP) is 3.98. The van der Waals surface area contributed by atoms with Crippen molar-refractivity contribution in [2.75, 3.05) is 5.43 Å². The first-order chi connectivity index (χ1) is 8.83. The highest BCUT2D eigenvalue weighted by molar-refractivity contribution is 5.68. The summed E-state index contributed by atoms with van der Waals surface area (Å²) in [7, 11) is 0. The lowest BCUT2D eigenvalue weighted by Gasteiger charge is -2.06. The number of aryl methyl sites for hydroxylation is 1. The third kappa shape index (κ3) is 3.11. The quantitative estimate of drug-likeness (QED) is 0.612. The minimum Gasteiger partial charge on any atom is -0.324 e. The number of anilines is 1. The van der Waals surface area contributed by atoms with Crippen LogP contribution in [0.4, 0.5) is 5.69 Å². The second kappa shape index (κ2) is 6.22. The van der Waals surface area contributed by atoms with Gasteiger partial charge in [-0.15, -0.1) is 0 Å². The molecule has 94 valence electrons. The van der Waals surface area contributed by atoms with E-state index in [1.54, 1.807) is 0 Å². The zero-order valence-electron chi connectivity index (χ0n) is 10.8. The van der Waals surface area contributed by atoms with Gasteiger partial charge in [-0.3, -0.25) is 5.84 Å². The van der Waals surface area contributed by atoms with Crippen LogP contribution in [0.25, 0.3) is 11.1 Å². The standard InChI is InChI=1S/C16H20N2/c1-2-3-5-13-8-10-14(11-9-13)15-6-4-7-16(12-15)18-17/h4,6-12,18H,2-3,5,17H2,1H3. The molecule has 2 heteroatoms. The number of hydrogen-bond donors (Lipinski definition) is 2. The topological polar surface area (TPSA) is 38.0 Å². The van der Waals surface area contributed by atoms with E-state index in [4.69, 9.17) is 5.84 Å². The summed E-state index contributed by atoms with van der Waals surface area (Å²) in [5.41, 5.74) is 7.44. The van der Waals surface area contributed by atoms with Gasteiger partial charge in [-0.25, -0.2) is 0 Å². The van der Waals surface area contributed by atoms with Gasteiger partial charge in [0.15, 0.2) is 0 Å². The van der Waals surface area contributed by atoms with Gasteiger partial charge in [0, 0.05) is 5.69 Å². The van der Waals surface area contributed by atoms with Crippen LogP contribution in [0.2, 0.25) is 0 Å².